The molecular weight excluding hydrogens is 278 g/mol. The van der Waals surface area contributed by atoms with Crippen LogP contribution in [0.2, 0.25) is 0 Å². The summed E-state index contributed by atoms with van der Waals surface area (Å²) in [5.74, 6) is -0.878. The van der Waals surface area contributed by atoms with Gasteiger partial charge in [-0.25, -0.2) is 4.79 Å². The van der Waals surface area contributed by atoms with E-state index < -0.39 is 5.97 Å². The van der Waals surface area contributed by atoms with Crippen molar-refractivity contribution in [1.82, 2.24) is 14.2 Å². The monoisotopic (exact) mass is 289 g/mol. The fourth-order valence-electron chi connectivity index (χ4n) is 1.98. The van der Waals surface area contributed by atoms with Gasteiger partial charge in [-0.15, -0.1) is 0 Å². The van der Waals surface area contributed by atoms with Crippen LogP contribution in [0.5, 0.6) is 5.88 Å². The molecule has 102 valence electrons. The lowest BCUT2D eigenvalue weighted by atomic mass is 10.1. The average Bonchev–Trinajstić information content (AvgIpc) is 3.04. The van der Waals surface area contributed by atoms with Crippen LogP contribution in [-0.2, 0) is 13.7 Å². The van der Waals surface area contributed by atoms with E-state index in [2.05, 4.69) is 9.47 Å². The molecule has 0 atom stereocenters. The summed E-state index contributed by atoms with van der Waals surface area (Å²) in [6.45, 7) is 0.257. The molecule has 0 bridgehead atoms. The summed E-state index contributed by atoms with van der Waals surface area (Å²) in [4.78, 5) is 11.0. The number of benzene rings is 1. The number of carboxylic acids is 1. The maximum absolute atomic E-state index is 11.0. The van der Waals surface area contributed by atoms with Crippen molar-refractivity contribution in [2.24, 2.45) is 7.05 Å². The van der Waals surface area contributed by atoms with Crippen molar-refractivity contribution in [3.63, 3.8) is 0 Å². The molecule has 2 heterocycles. The number of carbonyl (C=O) groups is 1. The van der Waals surface area contributed by atoms with E-state index in [1.807, 2.05) is 25.2 Å². The fraction of sp³-hybridized carbons (Fsp3) is 0.154. The molecule has 0 saturated heterocycles. The standard InChI is InChI=1S/C13H11N3O3S/c1-16-11-4-2-3-8(9(11)5-14-16)6-19-12-10(13(17)18)7-20-15-12/h2-5,7H,6H2,1H3,(H,17,18). The van der Waals surface area contributed by atoms with Crippen LogP contribution in [0.15, 0.2) is 29.8 Å². The third kappa shape index (κ3) is 2.12. The van der Waals surface area contributed by atoms with Crippen molar-refractivity contribution >= 4 is 28.4 Å². The van der Waals surface area contributed by atoms with Gasteiger partial charge in [0.2, 0.25) is 5.88 Å². The molecule has 0 aliphatic rings. The number of aromatic carboxylic acids is 1. The Labute approximate surface area is 118 Å². The van der Waals surface area contributed by atoms with Crippen molar-refractivity contribution < 1.29 is 14.6 Å². The highest BCUT2D eigenvalue weighted by molar-refractivity contribution is 7.04. The van der Waals surface area contributed by atoms with Crippen LogP contribution in [0.25, 0.3) is 10.9 Å². The molecule has 0 fully saturated rings. The summed E-state index contributed by atoms with van der Waals surface area (Å²) in [6, 6.07) is 5.82. The van der Waals surface area contributed by atoms with Gasteiger partial charge >= 0.3 is 5.97 Å². The first-order valence-electron chi connectivity index (χ1n) is 5.87. The zero-order valence-corrected chi connectivity index (χ0v) is 11.4. The minimum Gasteiger partial charge on any atom is -0.477 e. The second-order valence-electron chi connectivity index (χ2n) is 4.25. The van der Waals surface area contributed by atoms with Gasteiger partial charge in [0, 0.05) is 23.4 Å². The molecule has 0 unspecified atom stereocenters. The van der Waals surface area contributed by atoms with Gasteiger partial charge in [-0.05, 0) is 17.6 Å². The van der Waals surface area contributed by atoms with Crippen molar-refractivity contribution in [2.75, 3.05) is 0 Å². The molecule has 0 amide bonds. The molecule has 2 aromatic heterocycles. The fourth-order valence-corrected chi connectivity index (χ4v) is 2.59. The smallest absolute Gasteiger partial charge is 0.342 e. The Morgan fingerprint density at radius 1 is 1.50 bits per heavy atom. The largest absolute Gasteiger partial charge is 0.477 e. The van der Waals surface area contributed by atoms with Crippen molar-refractivity contribution in [3.8, 4) is 5.88 Å². The van der Waals surface area contributed by atoms with E-state index in [4.69, 9.17) is 9.84 Å². The highest BCUT2D eigenvalue weighted by Gasteiger charge is 2.15. The molecule has 20 heavy (non-hydrogen) atoms. The topological polar surface area (TPSA) is 77.2 Å². The zero-order chi connectivity index (χ0) is 14.1. The Morgan fingerprint density at radius 2 is 2.35 bits per heavy atom. The molecule has 6 nitrogen and oxygen atoms in total. The first-order valence-corrected chi connectivity index (χ1v) is 6.70. The first-order chi connectivity index (χ1) is 9.66. The van der Waals surface area contributed by atoms with Crippen LogP contribution in [0.3, 0.4) is 0 Å². The van der Waals surface area contributed by atoms with Crippen LogP contribution >= 0.6 is 11.5 Å². The van der Waals surface area contributed by atoms with E-state index >= 15 is 0 Å². The number of rotatable bonds is 4. The Kier molecular flexibility index (Phi) is 3.11. The van der Waals surface area contributed by atoms with Crippen molar-refractivity contribution in [3.05, 3.63) is 40.9 Å². The Morgan fingerprint density at radius 3 is 3.15 bits per heavy atom. The van der Waals surface area contributed by atoms with Crippen molar-refractivity contribution in [2.45, 2.75) is 6.61 Å². The lowest BCUT2D eigenvalue weighted by Gasteiger charge is -2.05. The highest BCUT2D eigenvalue weighted by atomic mass is 32.1. The van der Waals surface area contributed by atoms with Crippen molar-refractivity contribution in [1.29, 1.82) is 0 Å². The second-order valence-corrected chi connectivity index (χ2v) is 4.87. The molecule has 1 N–H and O–H groups in total. The van der Waals surface area contributed by atoms with E-state index in [0.717, 1.165) is 28.0 Å². The maximum Gasteiger partial charge on any atom is 0.342 e. The molecular formula is C13H11N3O3S. The van der Waals surface area contributed by atoms with E-state index in [-0.39, 0.29) is 18.1 Å². The molecule has 7 heteroatoms. The number of ether oxygens (including phenoxy) is 1. The second kappa shape index (κ2) is 4.93. The summed E-state index contributed by atoms with van der Waals surface area (Å²) >= 11 is 1.07. The van der Waals surface area contributed by atoms with Gasteiger partial charge in [0.15, 0.2) is 0 Å². The normalized spacial score (nSPS) is 10.8. The Bertz CT molecular complexity index is 778. The molecule has 1 aromatic carbocycles. The number of nitrogens with zero attached hydrogens (tertiary/aromatic N) is 3. The van der Waals surface area contributed by atoms with E-state index in [0.29, 0.717) is 0 Å². The van der Waals surface area contributed by atoms with Gasteiger partial charge in [0.1, 0.15) is 12.2 Å². The number of hydrogen-bond acceptors (Lipinski definition) is 5. The molecule has 3 rings (SSSR count). The molecule has 3 aromatic rings. The lowest BCUT2D eigenvalue weighted by molar-refractivity contribution is 0.0692. The molecule has 0 aliphatic heterocycles. The SMILES string of the molecule is Cn1ncc2c(COc3nscc3C(=O)O)cccc21. The summed E-state index contributed by atoms with van der Waals surface area (Å²) in [6.07, 6.45) is 1.77. The first kappa shape index (κ1) is 12.6. The molecule has 0 spiro atoms. The quantitative estimate of drug-likeness (QED) is 0.797. The lowest BCUT2D eigenvalue weighted by Crippen LogP contribution is -2.02. The van der Waals surface area contributed by atoms with Gasteiger partial charge in [-0.3, -0.25) is 4.68 Å². The van der Waals surface area contributed by atoms with E-state index in [1.54, 1.807) is 10.9 Å². The molecule has 0 saturated carbocycles. The predicted molar refractivity (Wildman–Crippen MR) is 74.1 cm³/mol. The summed E-state index contributed by atoms with van der Waals surface area (Å²) in [5.41, 5.74) is 2.04. The number of fused-ring (bicyclic) bond motifs is 1. The third-order valence-electron chi connectivity index (χ3n) is 3.01. The van der Waals surface area contributed by atoms with Gasteiger partial charge in [0.05, 0.1) is 11.7 Å². The summed E-state index contributed by atoms with van der Waals surface area (Å²) in [7, 11) is 1.87. The number of aryl methyl sites for hydroxylation is 1. The van der Waals surface area contributed by atoms with Crippen LogP contribution in [0.1, 0.15) is 15.9 Å². The number of aromatic nitrogens is 3. The van der Waals surface area contributed by atoms with Crippen LogP contribution in [0.4, 0.5) is 0 Å². The summed E-state index contributed by atoms with van der Waals surface area (Å²) < 4.78 is 11.3. The van der Waals surface area contributed by atoms with Gasteiger partial charge < -0.3 is 9.84 Å². The third-order valence-corrected chi connectivity index (χ3v) is 3.63. The molecule has 0 aliphatic carbocycles. The van der Waals surface area contributed by atoms with Crippen LogP contribution in [-0.4, -0.2) is 25.2 Å². The number of hydrogen-bond donors (Lipinski definition) is 1. The Hall–Kier alpha value is -2.41. The van der Waals surface area contributed by atoms with Gasteiger partial charge in [-0.1, -0.05) is 12.1 Å². The van der Waals surface area contributed by atoms with Crippen LogP contribution in [0, 0.1) is 0 Å². The van der Waals surface area contributed by atoms with Gasteiger partial charge in [0.25, 0.3) is 0 Å². The summed E-state index contributed by atoms with van der Waals surface area (Å²) in [5, 5.41) is 15.6. The maximum atomic E-state index is 11.0. The average molecular weight is 289 g/mol. The predicted octanol–water partition coefficient (Wildman–Crippen LogP) is 2.31. The van der Waals surface area contributed by atoms with Crippen LogP contribution < -0.4 is 4.74 Å². The Balaban J connectivity index is 1.87. The molecule has 0 radical (unpaired) electrons. The number of carboxylic acid groups (broad SMARTS) is 1. The minimum atomic E-state index is -1.03. The highest BCUT2D eigenvalue weighted by Crippen LogP contribution is 2.23. The van der Waals surface area contributed by atoms with E-state index in [9.17, 15) is 4.79 Å². The van der Waals surface area contributed by atoms with E-state index in [1.165, 1.54) is 5.38 Å². The zero-order valence-electron chi connectivity index (χ0n) is 10.6. The van der Waals surface area contributed by atoms with Gasteiger partial charge in [-0.2, -0.15) is 9.47 Å². The minimum absolute atomic E-state index is 0.0911.